The number of hydrogen-bond acceptors (Lipinski definition) is 2. The van der Waals surface area contributed by atoms with Gasteiger partial charge in [0.2, 0.25) is 0 Å². The number of allylic oxidation sites excluding steroid dienone is 1. The molecular weight excluding hydrogens is 272 g/mol. The second kappa shape index (κ2) is 4.47. The van der Waals surface area contributed by atoms with E-state index < -0.39 is 5.41 Å². The van der Waals surface area contributed by atoms with Crippen molar-refractivity contribution in [1.29, 1.82) is 0 Å². The molecule has 1 spiro atoms. The molecule has 0 amide bonds. The van der Waals surface area contributed by atoms with E-state index in [0.29, 0.717) is 23.5 Å². The van der Waals surface area contributed by atoms with Gasteiger partial charge in [0.25, 0.3) is 0 Å². The molecule has 4 fully saturated rings. The molecule has 0 aromatic heterocycles. The van der Waals surface area contributed by atoms with Gasteiger partial charge in [-0.1, -0.05) is 26.0 Å². The number of ketones is 1. The van der Waals surface area contributed by atoms with Crippen LogP contribution in [0.25, 0.3) is 0 Å². The first-order valence-corrected chi connectivity index (χ1v) is 9.18. The van der Waals surface area contributed by atoms with E-state index in [9.17, 15) is 9.90 Å². The van der Waals surface area contributed by atoms with E-state index in [-0.39, 0.29) is 12.0 Å². The minimum atomic E-state index is -0.499. The molecule has 2 bridgehead atoms. The van der Waals surface area contributed by atoms with Crippen LogP contribution in [0.5, 0.6) is 0 Å². The Hall–Kier alpha value is -0.630. The molecule has 4 saturated carbocycles. The van der Waals surface area contributed by atoms with Crippen LogP contribution >= 0.6 is 0 Å². The van der Waals surface area contributed by atoms with Crippen LogP contribution in [0.15, 0.2) is 12.2 Å². The zero-order valence-electron chi connectivity index (χ0n) is 14.2. The summed E-state index contributed by atoms with van der Waals surface area (Å²) < 4.78 is 0. The van der Waals surface area contributed by atoms with E-state index >= 15 is 0 Å². The van der Waals surface area contributed by atoms with Crippen molar-refractivity contribution in [2.75, 3.05) is 6.61 Å². The molecule has 4 rings (SSSR count). The van der Waals surface area contributed by atoms with Crippen LogP contribution in [0.2, 0.25) is 0 Å². The highest BCUT2D eigenvalue weighted by atomic mass is 16.3. The van der Waals surface area contributed by atoms with Crippen LogP contribution in [-0.2, 0) is 4.79 Å². The molecule has 0 aliphatic heterocycles. The topological polar surface area (TPSA) is 37.3 Å². The summed E-state index contributed by atoms with van der Waals surface area (Å²) in [5, 5.41) is 10.0. The summed E-state index contributed by atoms with van der Waals surface area (Å²) in [6.07, 6.45) is 9.27. The van der Waals surface area contributed by atoms with Crippen LogP contribution in [0.1, 0.15) is 65.2 Å². The van der Waals surface area contributed by atoms with Gasteiger partial charge in [-0.25, -0.2) is 0 Å². The van der Waals surface area contributed by atoms with Gasteiger partial charge >= 0.3 is 0 Å². The number of carbonyl (C=O) groups excluding carboxylic acids is 1. The largest absolute Gasteiger partial charge is 0.395 e. The number of carbonyl (C=O) groups is 1. The SMILES string of the molecule is C=C1C[C@@]23CC[C@@H]4[C@](C)(CCC(=O)[C@@]4(C)CO)[C@H]2CC[C@@H]1C3. The standard InChI is InChI=1S/C20H30O2/c1-13-10-20-9-6-15-18(2,16(20)5-4-14(13)11-20)8-7-17(22)19(15,3)12-21/h14-16,21H,1,4-12H2,2-3H3/t14-,15-,16-,18+,19+,20-/m1/s1. The summed E-state index contributed by atoms with van der Waals surface area (Å²) in [6, 6.07) is 0. The van der Waals surface area contributed by atoms with Crippen molar-refractivity contribution in [2.45, 2.75) is 65.2 Å². The van der Waals surface area contributed by atoms with Gasteiger partial charge in [0.15, 0.2) is 0 Å². The lowest BCUT2D eigenvalue weighted by atomic mass is 9.41. The van der Waals surface area contributed by atoms with Crippen LogP contribution in [0.3, 0.4) is 0 Å². The maximum Gasteiger partial charge on any atom is 0.141 e. The van der Waals surface area contributed by atoms with Crippen LogP contribution < -0.4 is 0 Å². The van der Waals surface area contributed by atoms with Gasteiger partial charge < -0.3 is 5.11 Å². The lowest BCUT2D eigenvalue weighted by Gasteiger charge is -2.63. The maximum absolute atomic E-state index is 12.5. The Balaban J connectivity index is 1.75. The first-order valence-electron chi connectivity index (χ1n) is 9.18. The average molecular weight is 302 g/mol. The van der Waals surface area contributed by atoms with Gasteiger partial charge in [-0.15, -0.1) is 0 Å². The highest BCUT2D eigenvalue weighted by Gasteiger charge is 2.65. The minimum Gasteiger partial charge on any atom is -0.395 e. The van der Waals surface area contributed by atoms with Gasteiger partial charge in [0, 0.05) is 6.42 Å². The van der Waals surface area contributed by atoms with Crippen molar-refractivity contribution in [3.05, 3.63) is 12.2 Å². The van der Waals surface area contributed by atoms with E-state index in [1.165, 1.54) is 37.7 Å². The molecule has 0 unspecified atom stereocenters. The molecule has 4 aliphatic rings. The highest BCUT2D eigenvalue weighted by molar-refractivity contribution is 5.86. The van der Waals surface area contributed by atoms with Crippen molar-refractivity contribution < 1.29 is 9.90 Å². The summed E-state index contributed by atoms with van der Waals surface area (Å²) >= 11 is 0. The van der Waals surface area contributed by atoms with Gasteiger partial charge in [-0.3, -0.25) is 4.79 Å². The molecule has 0 aromatic rings. The van der Waals surface area contributed by atoms with E-state index in [0.717, 1.165) is 24.7 Å². The predicted molar refractivity (Wildman–Crippen MR) is 87.3 cm³/mol. The van der Waals surface area contributed by atoms with Crippen LogP contribution in [-0.4, -0.2) is 17.5 Å². The quantitative estimate of drug-likeness (QED) is 0.740. The fraction of sp³-hybridized carbons (Fsp3) is 0.850. The molecule has 122 valence electrons. The maximum atomic E-state index is 12.5. The molecule has 2 nitrogen and oxygen atoms in total. The second-order valence-corrected chi connectivity index (χ2v) is 9.32. The lowest BCUT2D eigenvalue weighted by molar-refractivity contribution is -0.173. The molecule has 0 radical (unpaired) electrons. The number of aliphatic hydroxyl groups excluding tert-OH is 1. The Morgan fingerprint density at radius 2 is 1.95 bits per heavy atom. The number of Topliss-reactive ketones (excluding diaryl/α,β-unsaturated/α-hetero) is 1. The molecule has 6 atom stereocenters. The Labute approximate surface area is 134 Å². The molecule has 0 aromatic carbocycles. The Morgan fingerprint density at radius 3 is 2.68 bits per heavy atom. The molecule has 0 saturated heterocycles. The van der Waals surface area contributed by atoms with E-state index in [1.54, 1.807) is 0 Å². The molecular formula is C20H30O2. The number of aliphatic hydroxyl groups is 1. The molecule has 4 aliphatic carbocycles. The molecule has 2 heteroatoms. The highest BCUT2D eigenvalue weighted by Crippen LogP contribution is 2.71. The zero-order valence-corrected chi connectivity index (χ0v) is 14.2. The van der Waals surface area contributed by atoms with Gasteiger partial charge in [-0.2, -0.15) is 0 Å². The van der Waals surface area contributed by atoms with Crippen molar-refractivity contribution in [3.8, 4) is 0 Å². The summed E-state index contributed by atoms with van der Waals surface area (Å²) in [6.45, 7) is 8.89. The smallest absolute Gasteiger partial charge is 0.141 e. The monoisotopic (exact) mass is 302 g/mol. The first kappa shape index (κ1) is 14.9. The normalized spacial score (nSPS) is 54.0. The summed E-state index contributed by atoms with van der Waals surface area (Å²) in [5.74, 6) is 2.17. The number of hydrogen-bond donors (Lipinski definition) is 1. The van der Waals surface area contributed by atoms with E-state index in [4.69, 9.17) is 0 Å². The van der Waals surface area contributed by atoms with Crippen molar-refractivity contribution in [2.24, 2.45) is 34.0 Å². The average Bonchev–Trinajstić information content (AvgIpc) is 2.73. The third-order valence-corrected chi connectivity index (χ3v) is 8.50. The van der Waals surface area contributed by atoms with Crippen molar-refractivity contribution in [1.82, 2.24) is 0 Å². The van der Waals surface area contributed by atoms with Crippen LogP contribution in [0, 0.1) is 34.0 Å². The summed E-state index contributed by atoms with van der Waals surface area (Å²) in [5.41, 5.74) is 1.71. The fourth-order valence-electron chi connectivity index (χ4n) is 7.40. The Kier molecular flexibility index (Phi) is 3.03. The minimum absolute atomic E-state index is 0.0289. The third kappa shape index (κ3) is 1.63. The summed E-state index contributed by atoms with van der Waals surface area (Å²) in [7, 11) is 0. The van der Waals surface area contributed by atoms with Gasteiger partial charge in [0.1, 0.15) is 5.78 Å². The Morgan fingerprint density at radius 1 is 1.18 bits per heavy atom. The van der Waals surface area contributed by atoms with Gasteiger partial charge in [-0.05, 0) is 73.5 Å². The lowest BCUT2D eigenvalue weighted by Crippen LogP contribution is -2.60. The van der Waals surface area contributed by atoms with Gasteiger partial charge in [0.05, 0.1) is 12.0 Å². The molecule has 1 N–H and O–H groups in total. The Bertz CT molecular complexity index is 538. The fourth-order valence-corrected chi connectivity index (χ4v) is 7.40. The predicted octanol–water partition coefficient (Wildman–Crippen LogP) is 4.13. The van der Waals surface area contributed by atoms with Crippen molar-refractivity contribution in [3.63, 3.8) is 0 Å². The first-order chi connectivity index (χ1) is 10.4. The van der Waals surface area contributed by atoms with E-state index in [1.807, 2.05) is 6.92 Å². The number of rotatable bonds is 1. The van der Waals surface area contributed by atoms with Crippen LogP contribution in [0.4, 0.5) is 0 Å². The third-order valence-electron chi connectivity index (χ3n) is 8.50. The van der Waals surface area contributed by atoms with E-state index in [2.05, 4.69) is 13.5 Å². The number of fused-ring (bicyclic) bond motifs is 3. The molecule has 0 heterocycles. The second-order valence-electron chi connectivity index (χ2n) is 9.32. The summed E-state index contributed by atoms with van der Waals surface area (Å²) in [4.78, 5) is 12.5. The van der Waals surface area contributed by atoms with Crippen molar-refractivity contribution >= 4 is 5.78 Å². The zero-order chi connectivity index (χ0) is 15.8. The molecule has 22 heavy (non-hydrogen) atoms.